The van der Waals surface area contributed by atoms with Crippen molar-refractivity contribution in [3.05, 3.63) is 41.0 Å². The van der Waals surface area contributed by atoms with Gasteiger partial charge in [0.2, 0.25) is 0 Å². The first kappa shape index (κ1) is 13.6. The van der Waals surface area contributed by atoms with Crippen molar-refractivity contribution >= 4 is 17.5 Å². The van der Waals surface area contributed by atoms with Crippen molar-refractivity contribution < 1.29 is 9.90 Å². The van der Waals surface area contributed by atoms with Crippen LogP contribution in [0, 0.1) is 0 Å². The molecule has 0 fully saturated rings. The number of nitrogens with zero attached hydrogens (tertiary/aromatic N) is 1. The van der Waals surface area contributed by atoms with Crippen molar-refractivity contribution in [1.29, 1.82) is 0 Å². The molecule has 1 heterocycles. The normalized spacial score (nSPS) is 10.4. The molecule has 3 N–H and O–H groups in total. The Bertz CT molecular complexity index is 569. The summed E-state index contributed by atoms with van der Waals surface area (Å²) in [6.45, 7) is 0.464. The zero-order chi connectivity index (χ0) is 13.7. The standard InChI is InChI=1S/C13H14ClN3O2/c14-11-5-2-1-4-9(11)12-10(8-16-17-12)13(19)15-6-3-7-18/h1-2,4-5,8,18H,3,6-7H2,(H,15,19)(H,16,17). The quantitative estimate of drug-likeness (QED) is 0.731. The summed E-state index contributed by atoms with van der Waals surface area (Å²) < 4.78 is 0. The molecule has 1 aromatic heterocycles. The Kier molecular flexibility index (Phi) is 4.54. The predicted octanol–water partition coefficient (Wildman–Crippen LogP) is 1.84. The van der Waals surface area contributed by atoms with Gasteiger partial charge >= 0.3 is 0 Å². The number of aromatic amines is 1. The van der Waals surface area contributed by atoms with Crippen LogP contribution in [0.2, 0.25) is 5.02 Å². The lowest BCUT2D eigenvalue weighted by molar-refractivity contribution is 0.0952. The van der Waals surface area contributed by atoms with Gasteiger partial charge in [-0.3, -0.25) is 9.89 Å². The van der Waals surface area contributed by atoms with E-state index in [4.69, 9.17) is 16.7 Å². The molecule has 0 bridgehead atoms. The first-order valence-corrected chi connectivity index (χ1v) is 6.29. The fourth-order valence-corrected chi connectivity index (χ4v) is 1.93. The Morgan fingerprint density at radius 1 is 1.42 bits per heavy atom. The number of nitrogens with one attached hydrogen (secondary N) is 2. The van der Waals surface area contributed by atoms with Gasteiger partial charge in [0.05, 0.1) is 17.5 Å². The minimum Gasteiger partial charge on any atom is -0.396 e. The fourth-order valence-electron chi connectivity index (χ4n) is 1.70. The number of H-pyrrole nitrogens is 1. The topological polar surface area (TPSA) is 78.0 Å². The molecule has 0 atom stereocenters. The third kappa shape index (κ3) is 3.13. The molecule has 0 radical (unpaired) electrons. The number of halogens is 1. The van der Waals surface area contributed by atoms with E-state index in [1.54, 1.807) is 6.07 Å². The molecule has 1 aromatic carbocycles. The van der Waals surface area contributed by atoms with E-state index >= 15 is 0 Å². The maximum atomic E-state index is 12.0. The summed E-state index contributed by atoms with van der Waals surface area (Å²) in [7, 11) is 0. The number of amides is 1. The van der Waals surface area contributed by atoms with Gasteiger partial charge in [0.1, 0.15) is 0 Å². The number of rotatable bonds is 5. The van der Waals surface area contributed by atoms with Crippen LogP contribution in [0.5, 0.6) is 0 Å². The summed E-state index contributed by atoms with van der Waals surface area (Å²) in [6, 6.07) is 7.24. The number of aliphatic hydroxyl groups is 1. The van der Waals surface area contributed by atoms with Gasteiger partial charge in [0, 0.05) is 23.7 Å². The molecule has 2 rings (SSSR count). The molecule has 0 saturated carbocycles. The van der Waals surface area contributed by atoms with Gasteiger partial charge in [-0.05, 0) is 12.5 Å². The lowest BCUT2D eigenvalue weighted by Crippen LogP contribution is -2.25. The first-order chi connectivity index (χ1) is 9.24. The van der Waals surface area contributed by atoms with Crippen LogP contribution < -0.4 is 5.32 Å². The van der Waals surface area contributed by atoms with Gasteiger partial charge < -0.3 is 10.4 Å². The van der Waals surface area contributed by atoms with Crippen molar-refractivity contribution in [2.75, 3.05) is 13.2 Å². The molecule has 19 heavy (non-hydrogen) atoms. The Balaban J connectivity index is 2.23. The second-order valence-corrected chi connectivity index (χ2v) is 4.38. The van der Waals surface area contributed by atoms with Gasteiger partial charge in [0.25, 0.3) is 5.91 Å². The highest BCUT2D eigenvalue weighted by molar-refractivity contribution is 6.33. The zero-order valence-corrected chi connectivity index (χ0v) is 10.9. The Morgan fingerprint density at radius 2 is 2.21 bits per heavy atom. The molecule has 0 aliphatic carbocycles. The number of aliphatic hydroxyl groups excluding tert-OH is 1. The van der Waals surface area contributed by atoms with Crippen molar-refractivity contribution in [1.82, 2.24) is 15.5 Å². The summed E-state index contributed by atoms with van der Waals surface area (Å²) in [6.07, 6.45) is 1.98. The van der Waals surface area contributed by atoms with Crippen LogP contribution in [0.1, 0.15) is 16.8 Å². The molecule has 6 heteroatoms. The Labute approximate surface area is 115 Å². The molecule has 2 aromatic rings. The van der Waals surface area contributed by atoms with E-state index in [2.05, 4.69) is 15.5 Å². The first-order valence-electron chi connectivity index (χ1n) is 5.91. The van der Waals surface area contributed by atoms with E-state index in [0.29, 0.717) is 29.2 Å². The summed E-state index contributed by atoms with van der Waals surface area (Å²) in [4.78, 5) is 12.0. The van der Waals surface area contributed by atoms with E-state index in [0.717, 1.165) is 5.56 Å². The van der Waals surface area contributed by atoms with E-state index in [1.165, 1.54) is 6.20 Å². The summed E-state index contributed by atoms with van der Waals surface area (Å²) in [5.41, 5.74) is 1.76. The van der Waals surface area contributed by atoms with Crippen LogP contribution >= 0.6 is 11.6 Å². The summed E-state index contributed by atoms with van der Waals surface area (Å²) >= 11 is 6.11. The molecule has 0 aliphatic rings. The molecule has 1 amide bonds. The van der Waals surface area contributed by atoms with Crippen molar-refractivity contribution in [3.63, 3.8) is 0 Å². The predicted molar refractivity (Wildman–Crippen MR) is 73.1 cm³/mol. The zero-order valence-electron chi connectivity index (χ0n) is 10.2. The molecular formula is C13H14ClN3O2. The van der Waals surface area contributed by atoms with Crippen LogP contribution in [0.3, 0.4) is 0 Å². The summed E-state index contributed by atoms with van der Waals surface area (Å²) in [5.74, 6) is -0.239. The van der Waals surface area contributed by atoms with E-state index in [-0.39, 0.29) is 12.5 Å². The molecule has 5 nitrogen and oxygen atoms in total. The molecular weight excluding hydrogens is 266 g/mol. The molecule has 0 saturated heterocycles. The minimum absolute atomic E-state index is 0.0447. The van der Waals surface area contributed by atoms with Gasteiger partial charge in [-0.2, -0.15) is 5.10 Å². The Morgan fingerprint density at radius 3 is 2.95 bits per heavy atom. The lowest BCUT2D eigenvalue weighted by atomic mass is 10.1. The van der Waals surface area contributed by atoms with E-state index in [1.807, 2.05) is 18.2 Å². The van der Waals surface area contributed by atoms with Crippen molar-refractivity contribution in [2.45, 2.75) is 6.42 Å². The highest BCUT2D eigenvalue weighted by Gasteiger charge is 2.16. The average Bonchev–Trinajstić information content (AvgIpc) is 2.88. The second-order valence-electron chi connectivity index (χ2n) is 3.97. The Hall–Kier alpha value is -1.85. The van der Waals surface area contributed by atoms with Gasteiger partial charge in [0.15, 0.2) is 0 Å². The number of carbonyl (C=O) groups excluding carboxylic acids is 1. The van der Waals surface area contributed by atoms with Gasteiger partial charge in [-0.15, -0.1) is 0 Å². The third-order valence-electron chi connectivity index (χ3n) is 2.65. The molecule has 0 unspecified atom stereocenters. The maximum absolute atomic E-state index is 12.0. The molecule has 0 spiro atoms. The fraction of sp³-hybridized carbons (Fsp3) is 0.231. The van der Waals surface area contributed by atoms with Crippen LogP contribution in [0.25, 0.3) is 11.3 Å². The second kappa shape index (κ2) is 6.36. The third-order valence-corrected chi connectivity index (χ3v) is 2.98. The highest BCUT2D eigenvalue weighted by atomic mass is 35.5. The minimum atomic E-state index is -0.239. The van der Waals surface area contributed by atoms with Crippen LogP contribution in [-0.2, 0) is 0 Å². The number of hydrogen-bond acceptors (Lipinski definition) is 3. The molecule has 100 valence electrons. The SMILES string of the molecule is O=C(NCCCO)c1cn[nH]c1-c1ccccc1Cl. The monoisotopic (exact) mass is 279 g/mol. The smallest absolute Gasteiger partial charge is 0.255 e. The largest absolute Gasteiger partial charge is 0.396 e. The van der Waals surface area contributed by atoms with Crippen molar-refractivity contribution in [3.8, 4) is 11.3 Å². The maximum Gasteiger partial charge on any atom is 0.255 e. The summed E-state index contributed by atoms with van der Waals surface area (Å²) in [5, 5.41) is 18.6. The highest BCUT2D eigenvalue weighted by Crippen LogP contribution is 2.28. The van der Waals surface area contributed by atoms with Crippen LogP contribution in [0.15, 0.2) is 30.5 Å². The molecule has 0 aliphatic heterocycles. The van der Waals surface area contributed by atoms with Gasteiger partial charge in [-0.1, -0.05) is 29.8 Å². The number of benzene rings is 1. The van der Waals surface area contributed by atoms with E-state index in [9.17, 15) is 4.79 Å². The van der Waals surface area contributed by atoms with Gasteiger partial charge in [-0.25, -0.2) is 0 Å². The average molecular weight is 280 g/mol. The van der Waals surface area contributed by atoms with E-state index < -0.39 is 0 Å². The number of aromatic nitrogens is 2. The number of hydrogen-bond donors (Lipinski definition) is 3. The van der Waals surface area contributed by atoms with Crippen LogP contribution in [0.4, 0.5) is 0 Å². The van der Waals surface area contributed by atoms with Crippen LogP contribution in [-0.4, -0.2) is 34.4 Å². The number of carbonyl (C=O) groups is 1. The lowest BCUT2D eigenvalue weighted by Gasteiger charge is -2.06. The van der Waals surface area contributed by atoms with Crippen molar-refractivity contribution in [2.24, 2.45) is 0 Å².